The number of hydrogen-bond acceptors (Lipinski definition) is 6. The maximum absolute atomic E-state index is 12.5. The minimum atomic E-state index is -0.204. The standard InChI is InChI=1S/C22H23N3O4/c1-27-19-7-4-15(5-8-19)12-24-22(26)16-10-18(14-23-13-16)25-17-6-9-20(28-2)21(11-17)29-3/h4-11,13-14,25H,12H2,1-3H3,(H,24,26). The monoisotopic (exact) mass is 393 g/mol. The molecule has 7 nitrogen and oxygen atoms in total. The number of carbonyl (C=O) groups is 1. The normalized spacial score (nSPS) is 10.2. The van der Waals surface area contributed by atoms with Crippen LogP contribution in [0.3, 0.4) is 0 Å². The summed E-state index contributed by atoms with van der Waals surface area (Å²) in [5.74, 6) is 1.82. The zero-order chi connectivity index (χ0) is 20.6. The van der Waals surface area contributed by atoms with E-state index in [-0.39, 0.29) is 5.91 Å². The van der Waals surface area contributed by atoms with Crippen LogP contribution >= 0.6 is 0 Å². The summed E-state index contributed by atoms with van der Waals surface area (Å²) in [7, 11) is 4.78. The van der Waals surface area contributed by atoms with Gasteiger partial charge in [0, 0.05) is 24.5 Å². The van der Waals surface area contributed by atoms with Crippen molar-refractivity contribution in [2.45, 2.75) is 6.54 Å². The Hall–Kier alpha value is -3.74. The van der Waals surface area contributed by atoms with Gasteiger partial charge in [-0.05, 0) is 35.9 Å². The fraction of sp³-hybridized carbons (Fsp3) is 0.182. The molecule has 3 rings (SSSR count). The summed E-state index contributed by atoms with van der Waals surface area (Å²) in [6.45, 7) is 0.413. The lowest BCUT2D eigenvalue weighted by atomic mass is 10.2. The third-order valence-corrected chi connectivity index (χ3v) is 4.28. The summed E-state index contributed by atoms with van der Waals surface area (Å²) in [6, 6.07) is 14.8. The highest BCUT2D eigenvalue weighted by Gasteiger charge is 2.09. The van der Waals surface area contributed by atoms with Crippen molar-refractivity contribution in [3.63, 3.8) is 0 Å². The molecule has 0 saturated heterocycles. The quantitative estimate of drug-likeness (QED) is 0.606. The number of nitrogens with one attached hydrogen (secondary N) is 2. The summed E-state index contributed by atoms with van der Waals surface area (Å²) < 4.78 is 15.7. The van der Waals surface area contributed by atoms with E-state index in [1.54, 1.807) is 39.7 Å². The number of hydrogen-bond donors (Lipinski definition) is 2. The third-order valence-electron chi connectivity index (χ3n) is 4.28. The number of anilines is 2. The van der Waals surface area contributed by atoms with Crippen molar-refractivity contribution in [3.05, 3.63) is 72.1 Å². The van der Waals surface area contributed by atoms with Gasteiger partial charge in [0.1, 0.15) is 5.75 Å². The van der Waals surface area contributed by atoms with Crippen LogP contribution in [-0.2, 0) is 6.54 Å². The van der Waals surface area contributed by atoms with E-state index in [0.29, 0.717) is 29.3 Å². The molecule has 2 aromatic carbocycles. The second-order valence-electron chi connectivity index (χ2n) is 6.19. The summed E-state index contributed by atoms with van der Waals surface area (Å²) in [5, 5.41) is 6.11. The van der Waals surface area contributed by atoms with Crippen LogP contribution in [0, 0.1) is 0 Å². The van der Waals surface area contributed by atoms with Crippen molar-refractivity contribution in [1.29, 1.82) is 0 Å². The highest BCUT2D eigenvalue weighted by atomic mass is 16.5. The Balaban J connectivity index is 1.66. The topological polar surface area (TPSA) is 81.7 Å². The van der Waals surface area contributed by atoms with Gasteiger partial charge in [0.25, 0.3) is 5.91 Å². The summed E-state index contributed by atoms with van der Waals surface area (Å²) in [4.78, 5) is 16.6. The van der Waals surface area contributed by atoms with Crippen molar-refractivity contribution < 1.29 is 19.0 Å². The molecule has 1 heterocycles. The van der Waals surface area contributed by atoms with Crippen LogP contribution in [0.1, 0.15) is 15.9 Å². The van der Waals surface area contributed by atoms with E-state index in [9.17, 15) is 4.79 Å². The Labute approximate surface area is 169 Å². The second kappa shape index (κ2) is 9.45. The first kappa shape index (κ1) is 20.0. The number of aromatic nitrogens is 1. The number of pyridine rings is 1. The van der Waals surface area contributed by atoms with Crippen molar-refractivity contribution in [1.82, 2.24) is 10.3 Å². The molecule has 0 aliphatic carbocycles. The fourth-order valence-electron chi connectivity index (χ4n) is 2.74. The lowest BCUT2D eigenvalue weighted by molar-refractivity contribution is 0.0950. The molecule has 0 radical (unpaired) electrons. The first-order valence-corrected chi connectivity index (χ1v) is 8.98. The van der Waals surface area contributed by atoms with Crippen molar-refractivity contribution in [2.75, 3.05) is 26.6 Å². The van der Waals surface area contributed by atoms with Crippen LogP contribution in [0.5, 0.6) is 17.2 Å². The fourth-order valence-corrected chi connectivity index (χ4v) is 2.74. The minimum Gasteiger partial charge on any atom is -0.497 e. The summed E-state index contributed by atoms with van der Waals surface area (Å²) >= 11 is 0. The number of rotatable bonds is 8. The van der Waals surface area contributed by atoms with Gasteiger partial charge in [-0.15, -0.1) is 0 Å². The number of benzene rings is 2. The first-order chi connectivity index (χ1) is 14.1. The van der Waals surface area contributed by atoms with Crippen molar-refractivity contribution >= 4 is 17.3 Å². The molecule has 0 unspecified atom stereocenters. The Morgan fingerprint density at radius 1 is 0.862 bits per heavy atom. The molecule has 7 heteroatoms. The maximum atomic E-state index is 12.5. The molecule has 0 bridgehead atoms. The molecule has 3 aromatic rings. The Morgan fingerprint density at radius 3 is 2.31 bits per heavy atom. The van der Waals surface area contributed by atoms with Crippen molar-refractivity contribution in [2.24, 2.45) is 0 Å². The molecule has 29 heavy (non-hydrogen) atoms. The number of amides is 1. The molecular weight excluding hydrogens is 370 g/mol. The Morgan fingerprint density at radius 2 is 1.62 bits per heavy atom. The zero-order valence-electron chi connectivity index (χ0n) is 16.6. The number of methoxy groups -OCH3 is 3. The smallest absolute Gasteiger partial charge is 0.253 e. The van der Waals surface area contributed by atoms with Crippen LogP contribution in [-0.4, -0.2) is 32.2 Å². The van der Waals surface area contributed by atoms with Crippen molar-refractivity contribution in [3.8, 4) is 17.2 Å². The molecule has 0 aliphatic heterocycles. The largest absolute Gasteiger partial charge is 0.497 e. The SMILES string of the molecule is COc1ccc(CNC(=O)c2cncc(Nc3ccc(OC)c(OC)c3)c2)cc1. The number of nitrogens with zero attached hydrogens (tertiary/aromatic N) is 1. The highest BCUT2D eigenvalue weighted by molar-refractivity contribution is 5.94. The molecular formula is C22H23N3O4. The molecule has 1 amide bonds. The summed E-state index contributed by atoms with van der Waals surface area (Å²) in [6.07, 6.45) is 3.18. The first-order valence-electron chi connectivity index (χ1n) is 8.98. The average molecular weight is 393 g/mol. The van der Waals surface area contributed by atoms with Crippen LogP contribution in [0.4, 0.5) is 11.4 Å². The van der Waals surface area contributed by atoms with E-state index in [2.05, 4.69) is 15.6 Å². The molecule has 0 saturated carbocycles. The van der Waals surface area contributed by atoms with Crippen LogP contribution < -0.4 is 24.8 Å². The molecule has 2 N–H and O–H groups in total. The van der Waals surface area contributed by atoms with Gasteiger partial charge in [0.05, 0.1) is 38.8 Å². The molecule has 0 fully saturated rings. The molecule has 0 spiro atoms. The third kappa shape index (κ3) is 5.16. The number of carbonyl (C=O) groups excluding carboxylic acids is 1. The van der Waals surface area contributed by atoms with E-state index < -0.39 is 0 Å². The van der Waals surface area contributed by atoms with Gasteiger partial charge in [-0.25, -0.2) is 0 Å². The van der Waals surface area contributed by atoms with E-state index in [1.165, 1.54) is 6.20 Å². The van der Waals surface area contributed by atoms with E-state index in [4.69, 9.17) is 14.2 Å². The van der Waals surface area contributed by atoms with Crippen LogP contribution in [0.2, 0.25) is 0 Å². The summed E-state index contributed by atoms with van der Waals surface area (Å²) in [5.41, 5.74) is 2.92. The average Bonchev–Trinajstić information content (AvgIpc) is 2.77. The Kier molecular flexibility index (Phi) is 6.52. The lowest BCUT2D eigenvalue weighted by Gasteiger charge is -2.12. The maximum Gasteiger partial charge on any atom is 0.253 e. The second-order valence-corrected chi connectivity index (χ2v) is 6.19. The predicted octanol–water partition coefficient (Wildman–Crippen LogP) is 3.78. The number of ether oxygens (including phenoxy) is 3. The minimum absolute atomic E-state index is 0.204. The van der Waals surface area contributed by atoms with Crippen LogP contribution in [0.25, 0.3) is 0 Å². The van der Waals surface area contributed by atoms with Gasteiger partial charge in [0.2, 0.25) is 0 Å². The van der Waals surface area contributed by atoms with E-state index in [0.717, 1.165) is 17.0 Å². The molecule has 1 aromatic heterocycles. The predicted molar refractivity (Wildman–Crippen MR) is 111 cm³/mol. The lowest BCUT2D eigenvalue weighted by Crippen LogP contribution is -2.23. The van der Waals surface area contributed by atoms with Gasteiger partial charge in [-0.1, -0.05) is 12.1 Å². The van der Waals surface area contributed by atoms with Crippen LogP contribution in [0.15, 0.2) is 60.9 Å². The van der Waals surface area contributed by atoms with E-state index in [1.807, 2.05) is 36.4 Å². The van der Waals surface area contributed by atoms with E-state index >= 15 is 0 Å². The molecule has 0 aliphatic rings. The highest BCUT2D eigenvalue weighted by Crippen LogP contribution is 2.31. The zero-order valence-corrected chi connectivity index (χ0v) is 16.6. The van der Waals surface area contributed by atoms with Gasteiger partial charge in [0.15, 0.2) is 11.5 Å². The molecule has 150 valence electrons. The van der Waals surface area contributed by atoms with Gasteiger partial charge >= 0.3 is 0 Å². The van der Waals surface area contributed by atoms with Gasteiger partial charge in [-0.3, -0.25) is 9.78 Å². The molecule has 0 atom stereocenters. The van der Waals surface area contributed by atoms with Gasteiger partial charge in [-0.2, -0.15) is 0 Å². The van der Waals surface area contributed by atoms with Gasteiger partial charge < -0.3 is 24.8 Å². The Bertz CT molecular complexity index is 974.